The molecule has 2 aromatic carbocycles. The number of methoxy groups -OCH3 is 1. The van der Waals surface area contributed by atoms with Crippen molar-refractivity contribution in [1.29, 1.82) is 5.26 Å². The number of anilines is 1. The van der Waals surface area contributed by atoms with Crippen LogP contribution in [0.25, 0.3) is 0 Å². The Balaban J connectivity index is 1.58. The maximum absolute atomic E-state index is 13.2. The number of benzene rings is 2. The minimum absolute atomic E-state index is 0.000873. The summed E-state index contributed by atoms with van der Waals surface area (Å²) in [4.78, 5) is 25.6. The van der Waals surface area contributed by atoms with Gasteiger partial charge in [0, 0.05) is 24.1 Å². The van der Waals surface area contributed by atoms with Crippen molar-refractivity contribution in [2.45, 2.75) is 46.5 Å². The predicted octanol–water partition coefficient (Wildman–Crippen LogP) is 4.78. The highest BCUT2D eigenvalue weighted by Gasteiger charge is 2.43. The highest BCUT2D eigenvalue weighted by Crippen LogP contribution is 2.48. The maximum Gasteiger partial charge on any atom is 0.262 e. The van der Waals surface area contributed by atoms with Crippen LogP contribution in [0.1, 0.15) is 49.3 Å². The number of nitrogens with zero attached hydrogens (tertiary/aromatic N) is 1. The van der Waals surface area contributed by atoms with Crippen molar-refractivity contribution in [3.8, 4) is 17.6 Å². The molecule has 1 heterocycles. The van der Waals surface area contributed by atoms with Gasteiger partial charge in [0.25, 0.3) is 5.91 Å². The summed E-state index contributed by atoms with van der Waals surface area (Å²) in [7, 11) is 1.49. The summed E-state index contributed by atoms with van der Waals surface area (Å²) in [6.07, 6.45) is 0.885. The first-order valence-electron chi connectivity index (χ1n) is 12.0. The van der Waals surface area contributed by atoms with Crippen LogP contribution in [0.15, 0.2) is 59.2 Å². The Bertz CT molecular complexity index is 1380. The zero-order valence-corrected chi connectivity index (χ0v) is 21.7. The molecule has 8 heteroatoms. The number of aryl methyl sites for hydroxylation is 2. The highest BCUT2D eigenvalue weighted by atomic mass is 16.5. The number of hydrogen-bond donors (Lipinski definition) is 2. The summed E-state index contributed by atoms with van der Waals surface area (Å²) in [6.45, 7) is 7.76. The molecular weight excluding hydrogens is 470 g/mol. The van der Waals surface area contributed by atoms with Crippen molar-refractivity contribution >= 4 is 17.4 Å². The zero-order chi connectivity index (χ0) is 26.9. The van der Waals surface area contributed by atoms with E-state index in [0.717, 1.165) is 11.1 Å². The first-order valence-corrected chi connectivity index (χ1v) is 12.0. The first kappa shape index (κ1) is 25.8. The third-order valence-corrected chi connectivity index (χ3v) is 6.75. The molecule has 1 atom stereocenters. The molecule has 0 bridgehead atoms. The van der Waals surface area contributed by atoms with E-state index in [4.69, 9.17) is 19.9 Å². The maximum atomic E-state index is 13.2. The van der Waals surface area contributed by atoms with Gasteiger partial charge in [-0.25, -0.2) is 0 Å². The van der Waals surface area contributed by atoms with Gasteiger partial charge >= 0.3 is 0 Å². The fourth-order valence-electron chi connectivity index (χ4n) is 4.76. The van der Waals surface area contributed by atoms with Crippen molar-refractivity contribution in [3.63, 3.8) is 0 Å². The fraction of sp³-hybridized carbons (Fsp3) is 0.345. The number of Topliss-reactive ketones (excluding diaryl/α,β-unsaturated/α-hetero) is 1. The Morgan fingerprint density at radius 1 is 1.16 bits per heavy atom. The summed E-state index contributed by atoms with van der Waals surface area (Å²) in [5, 5.41) is 12.7. The number of ketones is 1. The average molecular weight is 502 g/mol. The Labute approximate surface area is 216 Å². The van der Waals surface area contributed by atoms with Gasteiger partial charge in [-0.1, -0.05) is 26.0 Å². The van der Waals surface area contributed by atoms with Gasteiger partial charge in [-0.2, -0.15) is 5.26 Å². The smallest absolute Gasteiger partial charge is 0.262 e. The number of ether oxygens (including phenoxy) is 3. The van der Waals surface area contributed by atoms with Crippen molar-refractivity contribution < 1.29 is 23.8 Å². The highest BCUT2D eigenvalue weighted by molar-refractivity contribution is 6.00. The normalized spacial score (nSPS) is 18.5. The molecule has 4 rings (SSSR count). The number of nitrogens with two attached hydrogens (primary N) is 1. The van der Waals surface area contributed by atoms with Gasteiger partial charge in [0.1, 0.15) is 17.4 Å². The monoisotopic (exact) mass is 501 g/mol. The van der Waals surface area contributed by atoms with E-state index in [2.05, 4.69) is 11.4 Å². The Hall–Kier alpha value is -4.25. The molecule has 2 aromatic rings. The van der Waals surface area contributed by atoms with Gasteiger partial charge < -0.3 is 25.3 Å². The van der Waals surface area contributed by atoms with Crippen LogP contribution in [0, 0.1) is 30.6 Å². The number of carbonyl (C=O) groups is 2. The molecule has 3 N–H and O–H groups in total. The lowest BCUT2D eigenvalue weighted by Gasteiger charge is -2.37. The fourth-order valence-corrected chi connectivity index (χ4v) is 4.76. The van der Waals surface area contributed by atoms with Crippen LogP contribution in [0.5, 0.6) is 11.5 Å². The SMILES string of the molecule is COc1cc([C@H]2C(C#N)=C(N)OC3=C2C(=O)CC(C)(C)C3)ccc1OCC(=O)Nc1ccc(C)c(C)c1. The molecule has 0 saturated heterocycles. The molecule has 1 amide bonds. The zero-order valence-electron chi connectivity index (χ0n) is 21.7. The number of amides is 1. The van der Waals surface area contributed by atoms with Crippen molar-refractivity contribution in [3.05, 3.63) is 75.9 Å². The van der Waals surface area contributed by atoms with Crippen molar-refractivity contribution in [1.82, 2.24) is 0 Å². The van der Waals surface area contributed by atoms with Crippen LogP contribution in [0.3, 0.4) is 0 Å². The van der Waals surface area contributed by atoms with Crippen LogP contribution in [0.2, 0.25) is 0 Å². The lowest BCUT2D eigenvalue weighted by Crippen LogP contribution is -2.33. The number of carbonyl (C=O) groups excluding carboxylic acids is 2. The van der Waals surface area contributed by atoms with E-state index in [1.54, 1.807) is 18.2 Å². The topological polar surface area (TPSA) is 124 Å². The summed E-state index contributed by atoms with van der Waals surface area (Å²) < 4.78 is 17.0. The molecule has 0 aromatic heterocycles. The molecule has 0 unspecified atom stereocenters. The second kappa shape index (κ2) is 10.0. The summed E-state index contributed by atoms with van der Waals surface area (Å²) >= 11 is 0. The van der Waals surface area contributed by atoms with Crippen LogP contribution in [-0.4, -0.2) is 25.4 Å². The molecule has 8 nitrogen and oxygen atoms in total. The van der Waals surface area contributed by atoms with E-state index < -0.39 is 5.92 Å². The molecule has 0 spiro atoms. The second-order valence-electron chi connectivity index (χ2n) is 10.2. The second-order valence-corrected chi connectivity index (χ2v) is 10.2. The largest absolute Gasteiger partial charge is 0.493 e. The lowest BCUT2D eigenvalue weighted by atomic mass is 9.70. The molecular formula is C29H31N3O5. The summed E-state index contributed by atoms with van der Waals surface area (Å²) in [5.74, 6) is 0.168. The summed E-state index contributed by atoms with van der Waals surface area (Å²) in [6, 6.07) is 12.9. The standard InChI is InChI=1S/C29H31N3O5/c1-16-6-8-19(10-17(16)2)32-25(34)15-36-22-9-7-18(11-23(22)35-5)26-20(14-30)28(31)37-24-13-29(3,4)12-21(33)27(24)26/h6-11,26H,12-13,15,31H2,1-5H3,(H,32,34)/t26-/m0/s1. The van der Waals surface area contributed by atoms with Crippen molar-refractivity contribution in [2.24, 2.45) is 11.1 Å². The Morgan fingerprint density at radius 2 is 1.92 bits per heavy atom. The quantitative estimate of drug-likeness (QED) is 0.584. The van der Waals surface area contributed by atoms with Gasteiger partial charge in [-0.15, -0.1) is 0 Å². The molecule has 37 heavy (non-hydrogen) atoms. The predicted molar refractivity (Wildman–Crippen MR) is 139 cm³/mol. The van der Waals surface area contributed by atoms with Crippen molar-refractivity contribution in [2.75, 3.05) is 19.0 Å². The van der Waals surface area contributed by atoms with Gasteiger partial charge in [0.05, 0.1) is 13.0 Å². The molecule has 0 fully saturated rings. The van der Waals surface area contributed by atoms with Crippen LogP contribution in [0.4, 0.5) is 5.69 Å². The van der Waals surface area contributed by atoms with Gasteiger partial charge in [-0.05, 0) is 60.2 Å². The van der Waals surface area contributed by atoms with E-state index in [1.807, 2.05) is 45.9 Å². The Morgan fingerprint density at radius 3 is 2.59 bits per heavy atom. The third kappa shape index (κ3) is 5.31. The molecule has 0 saturated carbocycles. The minimum atomic E-state index is -0.673. The van der Waals surface area contributed by atoms with E-state index in [0.29, 0.717) is 46.9 Å². The third-order valence-electron chi connectivity index (χ3n) is 6.75. The minimum Gasteiger partial charge on any atom is -0.493 e. The van der Waals surface area contributed by atoms with Gasteiger partial charge in [-0.3, -0.25) is 9.59 Å². The molecule has 192 valence electrons. The van der Waals surface area contributed by atoms with Gasteiger partial charge in [0.2, 0.25) is 5.88 Å². The van der Waals surface area contributed by atoms with Crippen LogP contribution in [-0.2, 0) is 14.3 Å². The molecule has 0 radical (unpaired) electrons. The number of hydrogen-bond acceptors (Lipinski definition) is 7. The number of allylic oxidation sites excluding steroid dienone is 3. The molecule has 1 aliphatic carbocycles. The van der Waals surface area contributed by atoms with Crippen LogP contribution < -0.4 is 20.5 Å². The molecule has 1 aliphatic heterocycles. The molecule has 2 aliphatic rings. The van der Waals surface area contributed by atoms with E-state index in [9.17, 15) is 14.9 Å². The van der Waals surface area contributed by atoms with Crippen LogP contribution >= 0.6 is 0 Å². The Kier molecular flexibility index (Phi) is 6.99. The number of nitriles is 1. The first-order chi connectivity index (χ1) is 17.5. The van der Waals surface area contributed by atoms with E-state index >= 15 is 0 Å². The summed E-state index contributed by atoms with van der Waals surface area (Å²) in [5.41, 5.74) is 10.0. The lowest BCUT2D eigenvalue weighted by molar-refractivity contribution is -0.119. The van der Waals surface area contributed by atoms with Gasteiger partial charge in [0.15, 0.2) is 23.9 Å². The average Bonchev–Trinajstić information content (AvgIpc) is 2.83. The number of nitrogens with one attached hydrogen (secondary N) is 1. The van der Waals surface area contributed by atoms with E-state index in [-0.39, 0.29) is 35.2 Å². The van der Waals surface area contributed by atoms with E-state index in [1.165, 1.54) is 7.11 Å². The number of rotatable bonds is 6.